The molecule has 0 bridgehead atoms. The van der Waals surface area contributed by atoms with Crippen LogP contribution in [0.25, 0.3) is 0 Å². The molecule has 0 aliphatic rings. The third kappa shape index (κ3) is 3.76. The molecule has 2 amide bonds. The molecule has 1 heterocycles. The molecule has 0 saturated heterocycles. The number of anilines is 3. The van der Waals surface area contributed by atoms with Crippen LogP contribution >= 0.6 is 0 Å². The lowest BCUT2D eigenvalue weighted by Crippen LogP contribution is -2.17. The lowest BCUT2D eigenvalue weighted by molar-refractivity contribution is -0.119. The number of nitrogen functional groups attached to an aromatic ring is 1. The predicted octanol–water partition coefficient (Wildman–Crippen LogP) is 0.489. The smallest absolute Gasteiger partial charge is 0.281 e. The number of ether oxygens (including phenoxy) is 1. The van der Waals surface area contributed by atoms with Crippen molar-refractivity contribution in [3.8, 4) is 0 Å². The molecule has 0 aliphatic heterocycles. The van der Waals surface area contributed by atoms with E-state index in [1.807, 2.05) is 0 Å². The van der Waals surface area contributed by atoms with Crippen molar-refractivity contribution in [2.45, 2.75) is 0 Å². The molecule has 0 radical (unpaired) electrons. The number of carbonyl (C=O) groups is 2. The van der Waals surface area contributed by atoms with Gasteiger partial charge in [0.2, 0.25) is 17.4 Å². The van der Waals surface area contributed by atoms with E-state index in [2.05, 4.69) is 25.6 Å². The highest BCUT2D eigenvalue weighted by Gasteiger charge is 2.16. The van der Waals surface area contributed by atoms with Gasteiger partial charge in [-0.1, -0.05) is 6.07 Å². The van der Waals surface area contributed by atoms with Crippen LogP contribution in [-0.2, 0) is 9.53 Å². The summed E-state index contributed by atoms with van der Waals surface area (Å²) in [6.07, 6.45) is 0. The number of hydrogen-bond donors (Lipinski definition) is 3. The van der Waals surface area contributed by atoms with E-state index in [1.165, 1.54) is 7.11 Å². The summed E-state index contributed by atoms with van der Waals surface area (Å²) in [4.78, 5) is 23.3. The summed E-state index contributed by atoms with van der Waals surface area (Å²) in [7, 11) is 1.42. The quantitative estimate of drug-likeness (QED) is 0.730. The summed E-state index contributed by atoms with van der Waals surface area (Å²) in [5.74, 6) is -0.961. The Morgan fingerprint density at radius 1 is 1.29 bits per heavy atom. The van der Waals surface area contributed by atoms with E-state index in [0.717, 1.165) is 0 Å². The number of benzene rings is 1. The summed E-state index contributed by atoms with van der Waals surface area (Å²) >= 11 is 0. The molecular weight excluding hydrogens is 278 g/mol. The van der Waals surface area contributed by atoms with Gasteiger partial charge >= 0.3 is 0 Å². The number of rotatable bonds is 5. The highest BCUT2D eigenvalue weighted by atomic mass is 16.6. The number of nitrogens with one attached hydrogen (secondary N) is 2. The van der Waals surface area contributed by atoms with Gasteiger partial charge in [-0.15, -0.1) is 0 Å². The van der Waals surface area contributed by atoms with Gasteiger partial charge in [0.1, 0.15) is 6.61 Å². The fourth-order valence-electron chi connectivity index (χ4n) is 1.55. The van der Waals surface area contributed by atoms with Crippen LogP contribution in [0.3, 0.4) is 0 Å². The molecule has 0 fully saturated rings. The SMILES string of the molecule is COCC(=O)Nc1cccc(NC(=O)c2nonc2N)c1. The molecule has 2 rings (SSSR count). The zero-order valence-electron chi connectivity index (χ0n) is 11.1. The first-order valence-electron chi connectivity index (χ1n) is 5.88. The highest BCUT2D eigenvalue weighted by Crippen LogP contribution is 2.16. The number of amides is 2. The maximum absolute atomic E-state index is 11.9. The minimum Gasteiger partial charge on any atom is -0.379 e. The van der Waals surface area contributed by atoms with E-state index in [1.54, 1.807) is 24.3 Å². The highest BCUT2D eigenvalue weighted by molar-refractivity contribution is 6.05. The summed E-state index contributed by atoms with van der Waals surface area (Å²) in [6, 6.07) is 6.57. The van der Waals surface area contributed by atoms with Crippen LogP contribution in [-0.4, -0.2) is 35.8 Å². The van der Waals surface area contributed by atoms with Gasteiger partial charge in [0.25, 0.3) is 5.91 Å². The average molecular weight is 291 g/mol. The van der Waals surface area contributed by atoms with Crippen molar-refractivity contribution in [1.82, 2.24) is 10.3 Å². The molecule has 9 heteroatoms. The van der Waals surface area contributed by atoms with Crippen LogP contribution in [0.15, 0.2) is 28.9 Å². The Bertz CT molecular complexity index is 655. The van der Waals surface area contributed by atoms with Crippen molar-refractivity contribution in [2.24, 2.45) is 0 Å². The van der Waals surface area contributed by atoms with Crippen molar-refractivity contribution < 1.29 is 19.0 Å². The summed E-state index contributed by atoms with van der Waals surface area (Å²) < 4.78 is 9.06. The van der Waals surface area contributed by atoms with Crippen LogP contribution < -0.4 is 16.4 Å². The van der Waals surface area contributed by atoms with Gasteiger partial charge in [0, 0.05) is 18.5 Å². The predicted molar refractivity (Wildman–Crippen MR) is 73.6 cm³/mol. The van der Waals surface area contributed by atoms with E-state index >= 15 is 0 Å². The van der Waals surface area contributed by atoms with Crippen molar-refractivity contribution >= 4 is 29.0 Å². The maximum Gasteiger partial charge on any atom is 0.281 e. The van der Waals surface area contributed by atoms with Crippen LogP contribution in [0.5, 0.6) is 0 Å². The molecule has 1 aromatic heterocycles. The van der Waals surface area contributed by atoms with Gasteiger partial charge < -0.3 is 21.1 Å². The molecular formula is C12H13N5O4. The van der Waals surface area contributed by atoms with E-state index < -0.39 is 5.91 Å². The van der Waals surface area contributed by atoms with Gasteiger partial charge in [-0.2, -0.15) is 0 Å². The van der Waals surface area contributed by atoms with E-state index in [0.29, 0.717) is 11.4 Å². The van der Waals surface area contributed by atoms with Crippen LogP contribution in [0.1, 0.15) is 10.5 Å². The Labute approximate surface area is 119 Å². The minimum absolute atomic E-state index is 0.0578. The maximum atomic E-state index is 11.9. The summed E-state index contributed by atoms with van der Waals surface area (Å²) in [5, 5.41) is 11.9. The fourth-order valence-corrected chi connectivity index (χ4v) is 1.55. The van der Waals surface area contributed by atoms with Gasteiger partial charge in [-0.3, -0.25) is 9.59 Å². The molecule has 0 aliphatic carbocycles. The minimum atomic E-state index is -0.561. The second-order valence-corrected chi connectivity index (χ2v) is 4.01. The average Bonchev–Trinajstić information content (AvgIpc) is 2.85. The van der Waals surface area contributed by atoms with Gasteiger partial charge in [0.05, 0.1) is 0 Å². The van der Waals surface area contributed by atoms with E-state index in [-0.39, 0.29) is 24.0 Å². The Morgan fingerprint density at radius 3 is 2.62 bits per heavy atom. The van der Waals surface area contributed by atoms with Crippen LogP contribution in [0.2, 0.25) is 0 Å². The molecule has 0 unspecified atom stereocenters. The fraction of sp³-hybridized carbons (Fsp3) is 0.167. The molecule has 4 N–H and O–H groups in total. The molecule has 110 valence electrons. The summed E-state index contributed by atoms with van der Waals surface area (Å²) in [6.45, 7) is -0.0578. The first kappa shape index (κ1) is 14.5. The zero-order chi connectivity index (χ0) is 15.2. The Morgan fingerprint density at radius 2 is 2.00 bits per heavy atom. The van der Waals surface area contributed by atoms with Crippen LogP contribution in [0.4, 0.5) is 17.2 Å². The first-order chi connectivity index (χ1) is 10.1. The summed E-state index contributed by atoms with van der Waals surface area (Å²) in [5.41, 5.74) is 6.29. The monoisotopic (exact) mass is 291 g/mol. The zero-order valence-corrected chi connectivity index (χ0v) is 11.1. The third-order valence-electron chi connectivity index (χ3n) is 2.41. The third-order valence-corrected chi connectivity index (χ3v) is 2.41. The van der Waals surface area contributed by atoms with Crippen LogP contribution in [0, 0.1) is 0 Å². The molecule has 0 atom stereocenters. The number of nitrogens with two attached hydrogens (primary N) is 1. The molecule has 1 aromatic carbocycles. The second kappa shape index (κ2) is 6.48. The molecule has 0 spiro atoms. The van der Waals surface area contributed by atoms with Gasteiger partial charge in [-0.05, 0) is 28.5 Å². The molecule has 0 saturated carbocycles. The number of hydrogen-bond acceptors (Lipinski definition) is 7. The number of nitrogens with zero attached hydrogens (tertiary/aromatic N) is 2. The van der Waals surface area contributed by atoms with Crippen molar-refractivity contribution in [1.29, 1.82) is 0 Å². The number of methoxy groups -OCH3 is 1. The Balaban J connectivity index is 2.06. The van der Waals surface area contributed by atoms with Crippen molar-refractivity contribution in [2.75, 3.05) is 30.1 Å². The van der Waals surface area contributed by atoms with E-state index in [4.69, 9.17) is 10.5 Å². The largest absolute Gasteiger partial charge is 0.379 e. The first-order valence-corrected chi connectivity index (χ1v) is 5.88. The van der Waals surface area contributed by atoms with Crippen molar-refractivity contribution in [3.63, 3.8) is 0 Å². The van der Waals surface area contributed by atoms with Gasteiger partial charge in [0.15, 0.2) is 0 Å². The number of carbonyl (C=O) groups excluding carboxylic acids is 2. The normalized spacial score (nSPS) is 10.1. The lowest BCUT2D eigenvalue weighted by atomic mass is 10.2. The molecule has 2 aromatic rings. The lowest BCUT2D eigenvalue weighted by Gasteiger charge is -2.07. The second-order valence-electron chi connectivity index (χ2n) is 4.01. The Kier molecular flexibility index (Phi) is 4.46. The Hall–Kier alpha value is -2.94. The topological polar surface area (TPSA) is 132 Å². The van der Waals surface area contributed by atoms with Crippen molar-refractivity contribution in [3.05, 3.63) is 30.0 Å². The molecule has 9 nitrogen and oxygen atoms in total. The van der Waals surface area contributed by atoms with E-state index in [9.17, 15) is 9.59 Å². The van der Waals surface area contributed by atoms with Gasteiger partial charge in [-0.25, -0.2) is 4.63 Å². The standard InChI is InChI=1S/C12H13N5O4/c1-20-6-9(18)14-7-3-2-4-8(5-7)15-12(19)10-11(13)17-21-16-10/h2-5H,6H2,1H3,(H2,13,17)(H,14,18)(H,15,19). The molecule has 21 heavy (non-hydrogen) atoms. The number of aromatic nitrogens is 2.